The van der Waals surface area contributed by atoms with Gasteiger partial charge in [-0.3, -0.25) is 9.59 Å². The molecule has 0 spiro atoms. The summed E-state index contributed by atoms with van der Waals surface area (Å²) in [4.78, 5) is 22.6. The van der Waals surface area contributed by atoms with Crippen LogP contribution in [-0.2, 0) is 9.59 Å². The third-order valence-electron chi connectivity index (χ3n) is 4.93. The van der Waals surface area contributed by atoms with Gasteiger partial charge in [0.15, 0.2) is 0 Å². The van der Waals surface area contributed by atoms with Crippen LogP contribution in [0.15, 0.2) is 30.3 Å². The van der Waals surface area contributed by atoms with Gasteiger partial charge >= 0.3 is 0 Å². The second-order valence-electron chi connectivity index (χ2n) is 8.08. The van der Waals surface area contributed by atoms with Crippen LogP contribution in [0, 0.1) is 5.41 Å². The van der Waals surface area contributed by atoms with Gasteiger partial charge in [-0.05, 0) is 44.3 Å². The first-order valence-corrected chi connectivity index (χ1v) is 10.9. The van der Waals surface area contributed by atoms with Crippen LogP contribution in [0.4, 0.5) is 0 Å². The lowest BCUT2D eigenvalue weighted by molar-refractivity contribution is -0.122. The van der Waals surface area contributed by atoms with Gasteiger partial charge in [0.2, 0.25) is 12.3 Å². The Morgan fingerprint density at radius 1 is 1.17 bits per heavy atom. The lowest BCUT2D eigenvalue weighted by Crippen LogP contribution is -2.36. The second-order valence-corrected chi connectivity index (χ2v) is 8.08. The number of aliphatic hydroxyl groups is 1. The number of carbonyl (C=O) groups excluding carboxylic acids is 2. The number of hydrogen-bond acceptors (Lipinski definition) is 4. The van der Waals surface area contributed by atoms with Crippen molar-refractivity contribution in [2.24, 2.45) is 5.41 Å². The SMILES string of the molecule is CCC(C)(C)CNC.CCCC[C@@H](CC(=O)N[C@H](C)c1ccccc1)NC=O.CO. The maximum absolute atomic E-state index is 12.0. The molecular weight excluding hydrogens is 378 g/mol. The van der Waals surface area contributed by atoms with Gasteiger partial charge in [-0.1, -0.05) is 70.9 Å². The summed E-state index contributed by atoms with van der Waals surface area (Å²) in [6, 6.07) is 9.74. The number of carbonyl (C=O) groups is 2. The van der Waals surface area contributed by atoms with Gasteiger partial charge in [0.05, 0.1) is 6.04 Å². The van der Waals surface area contributed by atoms with Crippen molar-refractivity contribution >= 4 is 12.3 Å². The molecule has 0 radical (unpaired) electrons. The highest BCUT2D eigenvalue weighted by atomic mass is 16.2. The van der Waals surface area contributed by atoms with E-state index in [-0.39, 0.29) is 18.0 Å². The van der Waals surface area contributed by atoms with Gasteiger partial charge in [-0.25, -0.2) is 0 Å². The van der Waals surface area contributed by atoms with Gasteiger partial charge in [0.1, 0.15) is 0 Å². The topological polar surface area (TPSA) is 90.5 Å². The van der Waals surface area contributed by atoms with E-state index < -0.39 is 0 Å². The van der Waals surface area contributed by atoms with Crippen molar-refractivity contribution in [3.05, 3.63) is 35.9 Å². The van der Waals surface area contributed by atoms with Crippen LogP contribution in [-0.4, -0.2) is 44.2 Å². The highest BCUT2D eigenvalue weighted by Gasteiger charge is 2.15. The van der Waals surface area contributed by atoms with Gasteiger partial charge in [0, 0.05) is 19.6 Å². The minimum absolute atomic E-state index is 0.0215. The minimum Gasteiger partial charge on any atom is -0.400 e. The van der Waals surface area contributed by atoms with Crippen LogP contribution in [0.1, 0.15) is 78.3 Å². The van der Waals surface area contributed by atoms with Crippen LogP contribution in [0.5, 0.6) is 0 Å². The summed E-state index contributed by atoms with van der Waals surface area (Å²) in [7, 11) is 3.00. The number of benzene rings is 1. The first-order valence-electron chi connectivity index (χ1n) is 10.9. The zero-order valence-electron chi connectivity index (χ0n) is 20.1. The standard InChI is InChI=1S/C16H24N2O2.C7H17N.CH4O/c1-3-4-10-15(17-12-19)11-16(20)18-13(2)14-8-6-5-7-9-14;1-5-7(2,3)6-8-4;1-2/h5-9,12-13,15H,3-4,10-11H2,1-2H3,(H,17,19)(H,18,20);8H,5-6H2,1-4H3;2H,1H3/t13-,15+;;/m1../s1. The molecule has 0 saturated carbocycles. The Bertz CT molecular complexity index is 536. The largest absolute Gasteiger partial charge is 0.400 e. The Labute approximate surface area is 184 Å². The van der Waals surface area contributed by atoms with Gasteiger partial charge in [-0.15, -0.1) is 0 Å². The molecule has 1 aromatic rings. The molecule has 0 aromatic heterocycles. The summed E-state index contributed by atoms with van der Waals surface area (Å²) in [5.41, 5.74) is 1.56. The van der Waals surface area contributed by atoms with Crippen molar-refractivity contribution in [2.45, 2.75) is 78.8 Å². The highest BCUT2D eigenvalue weighted by Crippen LogP contribution is 2.17. The highest BCUT2D eigenvalue weighted by molar-refractivity contribution is 5.77. The Kier molecular flexibility index (Phi) is 19.2. The number of rotatable bonds is 12. The molecule has 6 heteroatoms. The van der Waals surface area contributed by atoms with Crippen LogP contribution in [0.2, 0.25) is 0 Å². The molecule has 174 valence electrons. The average molecular weight is 424 g/mol. The summed E-state index contributed by atoms with van der Waals surface area (Å²) in [5, 5.41) is 15.8. The quantitative estimate of drug-likeness (QED) is 0.385. The van der Waals surface area contributed by atoms with E-state index in [9.17, 15) is 9.59 Å². The summed E-state index contributed by atoms with van der Waals surface area (Å²) >= 11 is 0. The minimum atomic E-state index is -0.0737. The third-order valence-corrected chi connectivity index (χ3v) is 4.93. The maximum Gasteiger partial charge on any atom is 0.222 e. The fourth-order valence-corrected chi connectivity index (χ4v) is 2.74. The summed E-state index contributed by atoms with van der Waals surface area (Å²) in [5.74, 6) is -0.0307. The van der Waals surface area contributed by atoms with Gasteiger partial charge in [-0.2, -0.15) is 0 Å². The second kappa shape index (κ2) is 19.1. The Hall–Kier alpha value is -1.92. The molecule has 0 saturated heterocycles. The van der Waals surface area contributed by atoms with Crippen LogP contribution in [0.25, 0.3) is 0 Å². The van der Waals surface area contributed by atoms with Crippen molar-refractivity contribution in [1.82, 2.24) is 16.0 Å². The number of amides is 2. The van der Waals surface area contributed by atoms with Crippen molar-refractivity contribution in [3.63, 3.8) is 0 Å². The number of unbranched alkanes of at least 4 members (excludes halogenated alkanes) is 1. The molecule has 2 atom stereocenters. The lowest BCUT2D eigenvalue weighted by Gasteiger charge is -2.21. The zero-order chi connectivity index (χ0) is 23.4. The third kappa shape index (κ3) is 15.9. The van der Waals surface area contributed by atoms with E-state index in [2.05, 4.69) is 43.6 Å². The van der Waals surface area contributed by atoms with Gasteiger partial charge in [0.25, 0.3) is 0 Å². The molecule has 0 bridgehead atoms. The first kappa shape index (κ1) is 30.3. The summed E-state index contributed by atoms with van der Waals surface area (Å²) < 4.78 is 0. The number of hydrogen-bond donors (Lipinski definition) is 4. The monoisotopic (exact) mass is 423 g/mol. The van der Waals surface area contributed by atoms with Gasteiger partial charge < -0.3 is 21.1 Å². The maximum atomic E-state index is 12.0. The Morgan fingerprint density at radius 2 is 1.77 bits per heavy atom. The van der Waals surface area contributed by atoms with E-state index in [1.54, 1.807) is 0 Å². The fourth-order valence-electron chi connectivity index (χ4n) is 2.74. The van der Waals surface area contributed by atoms with E-state index in [0.29, 0.717) is 18.2 Å². The van der Waals surface area contributed by atoms with Crippen LogP contribution < -0.4 is 16.0 Å². The molecule has 6 nitrogen and oxygen atoms in total. The van der Waals surface area contributed by atoms with Crippen LogP contribution >= 0.6 is 0 Å². The number of aliphatic hydroxyl groups excluding tert-OH is 1. The summed E-state index contributed by atoms with van der Waals surface area (Å²) in [6.07, 6.45) is 5.15. The Morgan fingerprint density at radius 3 is 2.20 bits per heavy atom. The molecule has 30 heavy (non-hydrogen) atoms. The zero-order valence-corrected chi connectivity index (χ0v) is 20.1. The van der Waals surface area contributed by atoms with E-state index >= 15 is 0 Å². The molecule has 2 amide bonds. The molecule has 4 N–H and O–H groups in total. The normalized spacial score (nSPS) is 12.3. The van der Waals surface area contributed by atoms with E-state index in [1.165, 1.54) is 6.42 Å². The van der Waals surface area contributed by atoms with E-state index in [0.717, 1.165) is 38.5 Å². The first-order chi connectivity index (χ1) is 14.3. The molecule has 0 aliphatic carbocycles. The smallest absolute Gasteiger partial charge is 0.222 e. The molecule has 0 aliphatic rings. The van der Waals surface area contributed by atoms with Crippen molar-refractivity contribution in [1.29, 1.82) is 0 Å². The molecule has 0 heterocycles. The van der Waals surface area contributed by atoms with E-state index in [1.807, 2.05) is 44.3 Å². The molecule has 0 fully saturated rings. The molecule has 0 aliphatic heterocycles. The summed E-state index contributed by atoms with van der Waals surface area (Å²) in [6.45, 7) is 11.9. The molecule has 0 unspecified atom stereocenters. The Balaban J connectivity index is 0. The molecular formula is C24H45N3O3. The lowest BCUT2D eigenvalue weighted by atomic mass is 9.90. The van der Waals surface area contributed by atoms with Crippen molar-refractivity contribution < 1.29 is 14.7 Å². The fraction of sp³-hybridized carbons (Fsp3) is 0.667. The predicted molar refractivity (Wildman–Crippen MR) is 126 cm³/mol. The molecule has 1 rings (SSSR count). The average Bonchev–Trinajstić information content (AvgIpc) is 2.74. The van der Waals surface area contributed by atoms with Crippen molar-refractivity contribution in [2.75, 3.05) is 20.7 Å². The number of nitrogens with one attached hydrogen (secondary N) is 3. The van der Waals surface area contributed by atoms with E-state index in [4.69, 9.17) is 5.11 Å². The molecule has 1 aromatic carbocycles. The van der Waals surface area contributed by atoms with Crippen molar-refractivity contribution in [3.8, 4) is 0 Å². The predicted octanol–water partition coefficient (Wildman–Crippen LogP) is 3.81. The van der Waals surface area contributed by atoms with Crippen LogP contribution in [0.3, 0.4) is 0 Å².